The van der Waals surface area contributed by atoms with Gasteiger partial charge in [0.05, 0.1) is 0 Å². The molecule has 5 heteroatoms. The van der Waals surface area contributed by atoms with Gasteiger partial charge in [0.1, 0.15) is 6.54 Å². The molecule has 124 valence electrons. The smallest absolute Gasteiger partial charge is 0.240 e. The number of rotatable bonds is 5. The summed E-state index contributed by atoms with van der Waals surface area (Å²) in [5.74, 6) is 0.0961. The van der Waals surface area contributed by atoms with Crippen LogP contribution >= 0.6 is 11.3 Å². The number of benzene rings is 1. The Bertz CT molecular complexity index is 824. The van der Waals surface area contributed by atoms with Crippen LogP contribution in [0.4, 0.5) is 0 Å². The molecule has 1 aromatic carbocycles. The van der Waals surface area contributed by atoms with Crippen LogP contribution in [0.15, 0.2) is 53.4 Å². The second kappa shape index (κ2) is 6.79. The van der Waals surface area contributed by atoms with Crippen molar-refractivity contribution in [2.45, 2.75) is 25.6 Å². The van der Waals surface area contributed by atoms with Gasteiger partial charge < -0.3 is 9.88 Å². The normalized spacial score (nSPS) is 18.2. The van der Waals surface area contributed by atoms with Crippen LogP contribution in [-0.4, -0.2) is 34.5 Å². The number of nitrogens with one attached hydrogen (secondary N) is 1. The quantitative estimate of drug-likeness (QED) is 0.776. The summed E-state index contributed by atoms with van der Waals surface area (Å²) in [6.45, 7) is 3.36. The monoisotopic (exact) mass is 339 g/mol. The maximum absolute atomic E-state index is 12.4. The number of carbonyl (C=O) groups excluding carboxylic acids is 1. The molecule has 0 spiro atoms. The Morgan fingerprint density at radius 3 is 3.04 bits per heavy atom. The van der Waals surface area contributed by atoms with E-state index in [-0.39, 0.29) is 11.9 Å². The molecule has 1 unspecified atom stereocenters. The summed E-state index contributed by atoms with van der Waals surface area (Å²) in [6, 6.07) is 12.7. The molecule has 1 aliphatic rings. The van der Waals surface area contributed by atoms with Gasteiger partial charge in [0, 0.05) is 37.4 Å². The second-order valence-corrected chi connectivity index (χ2v) is 7.20. The van der Waals surface area contributed by atoms with Gasteiger partial charge in [0.25, 0.3) is 0 Å². The van der Waals surface area contributed by atoms with Crippen LogP contribution < -0.4 is 5.32 Å². The number of thiophene rings is 1. The first kappa shape index (κ1) is 15.4. The first-order chi connectivity index (χ1) is 11.8. The van der Waals surface area contributed by atoms with E-state index in [1.54, 1.807) is 11.3 Å². The minimum Gasteiger partial charge on any atom is -0.350 e. The van der Waals surface area contributed by atoms with E-state index < -0.39 is 0 Å². The molecular weight excluding hydrogens is 318 g/mol. The molecule has 0 saturated carbocycles. The zero-order valence-electron chi connectivity index (χ0n) is 13.5. The molecule has 3 aromatic rings. The highest BCUT2D eigenvalue weighted by atomic mass is 32.1. The molecule has 1 aliphatic heterocycles. The molecule has 1 amide bonds. The predicted molar refractivity (Wildman–Crippen MR) is 98.1 cm³/mol. The van der Waals surface area contributed by atoms with Crippen LogP contribution in [-0.2, 0) is 17.9 Å². The van der Waals surface area contributed by atoms with Crippen LogP contribution in [0.5, 0.6) is 0 Å². The van der Waals surface area contributed by atoms with Crippen molar-refractivity contribution in [3.05, 3.63) is 58.9 Å². The highest BCUT2D eigenvalue weighted by Gasteiger charge is 2.24. The lowest BCUT2D eigenvalue weighted by atomic mass is 10.2. The third-order valence-corrected chi connectivity index (χ3v) is 5.35. The molecule has 0 aliphatic carbocycles. The van der Waals surface area contributed by atoms with Crippen molar-refractivity contribution >= 4 is 28.1 Å². The van der Waals surface area contributed by atoms with Crippen LogP contribution in [0.1, 0.15) is 12.0 Å². The van der Waals surface area contributed by atoms with Crippen LogP contribution in [0.25, 0.3) is 10.9 Å². The summed E-state index contributed by atoms with van der Waals surface area (Å²) >= 11 is 1.74. The van der Waals surface area contributed by atoms with Gasteiger partial charge in [-0.15, -0.1) is 0 Å². The Morgan fingerprint density at radius 2 is 2.17 bits per heavy atom. The minimum atomic E-state index is 0.0961. The summed E-state index contributed by atoms with van der Waals surface area (Å²) in [6.07, 6.45) is 3.02. The Morgan fingerprint density at radius 1 is 1.25 bits per heavy atom. The Hall–Kier alpha value is -2.11. The highest BCUT2D eigenvalue weighted by Crippen LogP contribution is 2.17. The molecule has 0 radical (unpaired) electrons. The molecular formula is C19H21N3OS. The number of likely N-dealkylation sites (tertiary alicyclic amines) is 1. The first-order valence-corrected chi connectivity index (χ1v) is 9.29. The summed E-state index contributed by atoms with van der Waals surface area (Å²) in [5, 5.41) is 8.68. The van der Waals surface area contributed by atoms with Crippen molar-refractivity contribution in [1.82, 2.24) is 14.8 Å². The Kier molecular flexibility index (Phi) is 4.36. The lowest BCUT2D eigenvalue weighted by molar-refractivity contribution is -0.122. The van der Waals surface area contributed by atoms with Gasteiger partial charge in [-0.05, 0) is 46.3 Å². The van der Waals surface area contributed by atoms with Crippen molar-refractivity contribution in [1.29, 1.82) is 0 Å². The van der Waals surface area contributed by atoms with E-state index in [9.17, 15) is 4.79 Å². The highest BCUT2D eigenvalue weighted by molar-refractivity contribution is 7.07. The van der Waals surface area contributed by atoms with Crippen LogP contribution in [0.2, 0.25) is 0 Å². The second-order valence-electron chi connectivity index (χ2n) is 6.42. The van der Waals surface area contributed by atoms with Crippen molar-refractivity contribution < 1.29 is 4.79 Å². The van der Waals surface area contributed by atoms with Gasteiger partial charge in [-0.25, -0.2) is 0 Å². The third-order valence-electron chi connectivity index (χ3n) is 4.62. The van der Waals surface area contributed by atoms with Gasteiger partial charge in [0.2, 0.25) is 5.91 Å². The number of carbonyl (C=O) groups is 1. The summed E-state index contributed by atoms with van der Waals surface area (Å²) < 4.78 is 2.02. The molecule has 24 heavy (non-hydrogen) atoms. The van der Waals surface area contributed by atoms with Gasteiger partial charge >= 0.3 is 0 Å². The fourth-order valence-electron chi connectivity index (χ4n) is 3.44. The predicted octanol–water partition coefficient (Wildman–Crippen LogP) is 3.09. The molecule has 2 aromatic heterocycles. The SMILES string of the molecule is O=C(Cn1ccc2ccccc21)NC1CCN(Cc2ccsc2)C1. The summed E-state index contributed by atoms with van der Waals surface area (Å²) in [7, 11) is 0. The fraction of sp³-hybridized carbons (Fsp3) is 0.316. The zero-order valence-corrected chi connectivity index (χ0v) is 14.3. The van der Waals surface area contributed by atoms with E-state index in [2.05, 4.69) is 45.2 Å². The van der Waals surface area contributed by atoms with Crippen molar-refractivity contribution in [3.8, 4) is 0 Å². The van der Waals surface area contributed by atoms with Crippen LogP contribution in [0.3, 0.4) is 0 Å². The standard InChI is InChI=1S/C19H21N3OS/c23-19(13-22-9-5-16-3-1-2-4-18(16)22)20-17-6-8-21(12-17)11-15-7-10-24-14-15/h1-5,7,9-10,14,17H,6,8,11-13H2,(H,20,23). The van der Waals surface area contributed by atoms with Gasteiger partial charge in [0.15, 0.2) is 0 Å². The van der Waals surface area contributed by atoms with Crippen molar-refractivity contribution in [2.75, 3.05) is 13.1 Å². The van der Waals surface area contributed by atoms with Gasteiger partial charge in [-0.2, -0.15) is 11.3 Å². The average Bonchev–Trinajstić information content (AvgIpc) is 3.31. The Labute approximate surface area is 145 Å². The number of nitrogens with zero attached hydrogens (tertiary/aromatic N) is 2. The van der Waals surface area contributed by atoms with Crippen LogP contribution in [0, 0.1) is 0 Å². The van der Waals surface area contributed by atoms with Gasteiger partial charge in [-0.3, -0.25) is 9.69 Å². The molecule has 3 heterocycles. The van der Waals surface area contributed by atoms with Gasteiger partial charge in [-0.1, -0.05) is 18.2 Å². The van der Waals surface area contributed by atoms with E-state index in [1.807, 2.05) is 22.9 Å². The Balaban J connectivity index is 1.32. The van der Waals surface area contributed by atoms with E-state index in [0.29, 0.717) is 6.54 Å². The lowest BCUT2D eigenvalue weighted by Gasteiger charge is -2.16. The van der Waals surface area contributed by atoms with E-state index in [1.165, 1.54) is 10.9 Å². The first-order valence-electron chi connectivity index (χ1n) is 8.34. The minimum absolute atomic E-state index is 0.0961. The third kappa shape index (κ3) is 3.37. The molecule has 4 rings (SSSR count). The maximum atomic E-state index is 12.4. The average molecular weight is 339 g/mol. The molecule has 0 bridgehead atoms. The van der Waals surface area contributed by atoms with E-state index >= 15 is 0 Å². The van der Waals surface area contributed by atoms with Crippen molar-refractivity contribution in [3.63, 3.8) is 0 Å². The number of fused-ring (bicyclic) bond motifs is 1. The molecule has 4 nitrogen and oxygen atoms in total. The largest absolute Gasteiger partial charge is 0.350 e. The molecule has 1 fully saturated rings. The number of hydrogen-bond donors (Lipinski definition) is 1. The lowest BCUT2D eigenvalue weighted by Crippen LogP contribution is -2.38. The van der Waals surface area contributed by atoms with Crippen molar-refractivity contribution in [2.24, 2.45) is 0 Å². The topological polar surface area (TPSA) is 37.3 Å². The van der Waals surface area contributed by atoms with E-state index in [0.717, 1.165) is 31.6 Å². The maximum Gasteiger partial charge on any atom is 0.240 e. The molecule has 1 atom stereocenters. The molecule has 1 N–H and O–H groups in total. The number of amides is 1. The zero-order chi connectivity index (χ0) is 16.4. The summed E-state index contributed by atoms with van der Waals surface area (Å²) in [5.41, 5.74) is 2.48. The van der Waals surface area contributed by atoms with E-state index in [4.69, 9.17) is 0 Å². The number of para-hydroxylation sites is 1. The summed E-state index contributed by atoms with van der Waals surface area (Å²) in [4.78, 5) is 14.8. The molecule has 1 saturated heterocycles. The number of hydrogen-bond acceptors (Lipinski definition) is 3. The number of aromatic nitrogens is 1. The fourth-order valence-corrected chi connectivity index (χ4v) is 4.10.